The third kappa shape index (κ3) is 5.94. The van der Waals surface area contributed by atoms with Crippen molar-refractivity contribution in [3.63, 3.8) is 0 Å². The summed E-state index contributed by atoms with van der Waals surface area (Å²) >= 11 is 5.17. The van der Waals surface area contributed by atoms with Gasteiger partial charge in [-0.05, 0) is 90.9 Å². The molecule has 1 saturated carbocycles. The molecule has 2 unspecified atom stereocenters. The van der Waals surface area contributed by atoms with E-state index in [9.17, 15) is 25.2 Å². The molecule has 0 spiro atoms. The van der Waals surface area contributed by atoms with Crippen LogP contribution in [0.25, 0.3) is 0 Å². The third-order valence-electron chi connectivity index (χ3n) is 5.88. The van der Waals surface area contributed by atoms with Gasteiger partial charge in [-0.25, -0.2) is 0 Å². The van der Waals surface area contributed by atoms with Gasteiger partial charge in [0.25, 0.3) is 0 Å². The normalized spacial score (nSPS) is 26.3. The molecule has 4 atom stereocenters. The van der Waals surface area contributed by atoms with Crippen LogP contribution in [0.3, 0.4) is 0 Å². The zero-order valence-electron chi connectivity index (χ0n) is 17.0. The second-order valence-electron chi connectivity index (χ2n) is 7.86. The SMILES string of the molecule is CC=CCCC(C(=O)O)C1C[C@H](O)C[C@@]1(O)/C(O)=C\CCCc1csc(Br)c1C. The predicted octanol–water partition coefficient (Wildman–Crippen LogP) is 5.14. The molecule has 0 radical (unpaired) electrons. The summed E-state index contributed by atoms with van der Waals surface area (Å²) in [5.74, 6) is -2.75. The van der Waals surface area contributed by atoms with Gasteiger partial charge in [-0.3, -0.25) is 4.79 Å². The number of carboxylic acids is 1. The Balaban J connectivity index is 2.07. The minimum Gasteiger partial charge on any atom is -0.510 e. The number of carbonyl (C=O) groups is 1. The van der Waals surface area contributed by atoms with Crippen molar-refractivity contribution in [1.29, 1.82) is 0 Å². The van der Waals surface area contributed by atoms with Gasteiger partial charge >= 0.3 is 5.97 Å². The largest absolute Gasteiger partial charge is 0.510 e. The van der Waals surface area contributed by atoms with Crippen molar-refractivity contribution >= 4 is 33.2 Å². The number of aliphatic hydroxyl groups excluding tert-OH is 2. The van der Waals surface area contributed by atoms with Crippen molar-refractivity contribution in [2.45, 2.75) is 70.5 Å². The number of halogens is 1. The first-order valence-electron chi connectivity index (χ1n) is 10.1. The molecule has 1 aliphatic carbocycles. The van der Waals surface area contributed by atoms with Gasteiger partial charge in [0.2, 0.25) is 0 Å². The molecule has 29 heavy (non-hydrogen) atoms. The number of hydrogen-bond donors (Lipinski definition) is 4. The number of allylic oxidation sites excluding steroid dienone is 3. The predicted molar refractivity (Wildman–Crippen MR) is 119 cm³/mol. The van der Waals surface area contributed by atoms with Crippen LogP contribution in [0, 0.1) is 18.8 Å². The minimum absolute atomic E-state index is 0.0377. The summed E-state index contributed by atoms with van der Waals surface area (Å²) in [4.78, 5) is 11.8. The van der Waals surface area contributed by atoms with E-state index in [0.717, 1.165) is 16.6 Å². The van der Waals surface area contributed by atoms with Crippen molar-refractivity contribution in [3.8, 4) is 0 Å². The van der Waals surface area contributed by atoms with E-state index in [1.165, 1.54) is 11.1 Å². The summed E-state index contributed by atoms with van der Waals surface area (Å²) in [6.07, 6.45) is 7.83. The molecule has 1 aliphatic rings. The summed E-state index contributed by atoms with van der Waals surface area (Å²) < 4.78 is 1.13. The Morgan fingerprint density at radius 2 is 2.14 bits per heavy atom. The summed E-state index contributed by atoms with van der Waals surface area (Å²) in [6.45, 7) is 3.94. The molecule has 0 bridgehead atoms. The highest BCUT2D eigenvalue weighted by molar-refractivity contribution is 9.11. The maximum Gasteiger partial charge on any atom is 0.306 e. The number of hydrogen-bond acceptors (Lipinski definition) is 5. The van der Waals surface area contributed by atoms with E-state index in [-0.39, 0.29) is 18.6 Å². The molecule has 0 saturated heterocycles. The molecule has 1 aromatic rings. The highest BCUT2D eigenvalue weighted by Crippen LogP contribution is 2.46. The highest BCUT2D eigenvalue weighted by Gasteiger charge is 2.53. The maximum absolute atomic E-state index is 11.8. The van der Waals surface area contributed by atoms with Crippen LogP contribution in [0.1, 0.15) is 56.6 Å². The molecule has 2 rings (SSSR count). The van der Waals surface area contributed by atoms with Crippen LogP contribution in [-0.2, 0) is 11.2 Å². The van der Waals surface area contributed by atoms with E-state index in [2.05, 4.69) is 28.2 Å². The van der Waals surface area contributed by atoms with Crippen molar-refractivity contribution in [3.05, 3.63) is 44.3 Å². The first kappa shape index (κ1) is 24.1. The highest BCUT2D eigenvalue weighted by atomic mass is 79.9. The van der Waals surface area contributed by atoms with Gasteiger partial charge in [-0.2, -0.15) is 0 Å². The van der Waals surface area contributed by atoms with Crippen LogP contribution < -0.4 is 0 Å². The molecule has 1 fully saturated rings. The Bertz CT molecular complexity index is 756. The van der Waals surface area contributed by atoms with E-state index >= 15 is 0 Å². The number of thiophene rings is 1. The maximum atomic E-state index is 11.8. The summed E-state index contributed by atoms with van der Waals surface area (Å²) in [6, 6.07) is 0. The molecule has 4 N–H and O–H groups in total. The molecule has 0 aromatic carbocycles. The lowest BCUT2D eigenvalue weighted by Crippen LogP contribution is -2.42. The fourth-order valence-electron chi connectivity index (χ4n) is 4.19. The zero-order chi connectivity index (χ0) is 21.6. The van der Waals surface area contributed by atoms with Crippen molar-refractivity contribution in [2.24, 2.45) is 11.8 Å². The first-order chi connectivity index (χ1) is 13.7. The Labute approximate surface area is 184 Å². The van der Waals surface area contributed by atoms with E-state index in [1.807, 2.05) is 19.1 Å². The van der Waals surface area contributed by atoms with Gasteiger partial charge in [0, 0.05) is 12.3 Å². The molecular weight excluding hydrogens is 456 g/mol. The summed E-state index contributed by atoms with van der Waals surface area (Å²) in [5, 5.41) is 43.7. The van der Waals surface area contributed by atoms with Gasteiger partial charge < -0.3 is 20.4 Å². The third-order valence-corrected chi connectivity index (χ3v) is 7.95. The van der Waals surface area contributed by atoms with Gasteiger partial charge in [0.15, 0.2) is 0 Å². The molecule has 1 aromatic heterocycles. The van der Waals surface area contributed by atoms with Gasteiger partial charge in [-0.1, -0.05) is 12.2 Å². The van der Waals surface area contributed by atoms with E-state index in [4.69, 9.17) is 0 Å². The van der Waals surface area contributed by atoms with Gasteiger partial charge in [0.1, 0.15) is 11.4 Å². The lowest BCUT2D eigenvalue weighted by molar-refractivity contribution is -0.147. The van der Waals surface area contributed by atoms with E-state index in [0.29, 0.717) is 19.3 Å². The van der Waals surface area contributed by atoms with Crippen molar-refractivity contribution < 1.29 is 25.2 Å². The van der Waals surface area contributed by atoms with E-state index < -0.39 is 29.5 Å². The molecule has 1 heterocycles. The topological polar surface area (TPSA) is 98.0 Å². The molecule has 0 aliphatic heterocycles. The number of aryl methyl sites for hydroxylation is 1. The first-order valence-corrected chi connectivity index (χ1v) is 11.7. The zero-order valence-corrected chi connectivity index (χ0v) is 19.4. The number of rotatable bonds is 10. The van der Waals surface area contributed by atoms with Crippen LogP contribution in [0.15, 0.2) is 33.2 Å². The van der Waals surface area contributed by atoms with Crippen molar-refractivity contribution in [2.75, 3.05) is 0 Å². The van der Waals surface area contributed by atoms with Gasteiger partial charge in [-0.15, -0.1) is 11.3 Å². The molecule has 7 heteroatoms. The second-order valence-corrected chi connectivity index (χ2v) is 10.1. The second kappa shape index (κ2) is 10.8. The smallest absolute Gasteiger partial charge is 0.306 e. The Kier molecular flexibility index (Phi) is 8.94. The van der Waals surface area contributed by atoms with Crippen LogP contribution >= 0.6 is 27.3 Å². The quantitative estimate of drug-likeness (QED) is 0.208. The lowest BCUT2D eigenvalue weighted by atomic mass is 9.77. The van der Waals surface area contributed by atoms with E-state index in [1.54, 1.807) is 17.4 Å². The molecular formula is C22H31BrO5S. The number of carboxylic acid groups (broad SMARTS) is 1. The molecule has 162 valence electrons. The Morgan fingerprint density at radius 3 is 2.72 bits per heavy atom. The van der Waals surface area contributed by atoms with Gasteiger partial charge in [0.05, 0.1) is 15.8 Å². The Morgan fingerprint density at radius 1 is 1.41 bits per heavy atom. The van der Waals surface area contributed by atoms with Crippen LogP contribution in [0.2, 0.25) is 0 Å². The van der Waals surface area contributed by atoms with Crippen LogP contribution in [-0.4, -0.2) is 38.1 Å². The average Bonchev–Trinajstić information content (AvgIpc) is 3.15. The lowest BCUT2D eigenvalue weighted by Gasteiger charge is -2.33. The fourth-order valence-corrected chi connectivity index (χ4v) is 5.58. The van der Waals surface area contributed by atoms with Crippen LogP contribution in [0.4, 0.5) is 0 Å². The summed E-state index contributed by atoms with van der Waals surface area (Å²) in [5.41, 5.74) is 0.795. The summed E-state index contributed by atoms with van der Waals surface area (Å²) in [7, 11) is 0. The fraction of sp³-hybridized carbons (Fsp3) is 0.591. The number of aliphatic hydroxyl groups is 3. The average molecular weight is 487 g/mol. The number of unbranched alkanes of at least 4 members (excludes halogenated alkanes) is 1. The number of aliphatic carboxylic acids is 1. The van der Waals surface area contributed by atoms with Crippen molar-refractivity contribution in [1.82, 2.24) is 0 Å². The van der Waals surface area contributed by atoms with Crippen LogP contribution in [0.5, 0.6) is 0 Å². The minimum atomic E-state index is -1.69. The molecule has 0 amide bonds. The Hall–Kier alpha value is -1.15. The molecule has 5 nitrogen and oxygen atoms in total. The standard InChI is InChI=1S/C22H31BrO5S/c1-3-4-5-9-17(21(26)27)18-11-16(24)12-22(18,28)19(25)10-7-6-8-15-13-29-20(23)14(15)2/h3-4,10,13,16-18,24-25,28H,5-9,11-12H2,1-2H3,(H,26,27)/b4-3?,19-10+/t16-,17?,18?,22-/m0/s1. The monoisotopic (exact) mass is 486 g/mol.